The van der Waals surface area contributed by atoms with Crippen molar-refractivity contribution in [2.75, 3.05) is 7.11 Å². The molecule has 0 rings (SSSR count). The number of hydrogen-bond donors (Lipinski definition) is 2. The Morgan fingerprint density at radius 3 is 2.24 bits per heavy atom. The monoisotopic (exact) mass is 254 g/mol. The summed E-state index contributed by atoms with van der Waals surface area (Å²) in [5, 5.41) is 2.02. The Labute approximate surface area is 95.8 Å². The minimum Gasteiger partial charge on any atom is -0.467 e. The van der Waals surface area contributed by atoms with Crippen molar-refractivity contribution in [2.45, 2.75) is 24.8 Å². The molecule has 0 saturated carbocycles. The highest BCUT2D eigenvalue weighted by molar-refractivity contribution is 5.91. The van der Waals surface area contributed by atoms with E-state index in [1.54, 1.807) is 0 Å². The molecule has 5 nitrogen and oxygen atoms in total. The van der Waals surface area contributed by atoms with Crippen LogP contribution < -0.4 is 11.1 Å². The van der Waals surface area contributed by atoms with Gasteiger partial charge < -0.3 is 10.5 Å². The fourth-order valence-electron chi connectivity index (χ4n) is 1.00. The quantitative estimate of drug-likeness (QED) is 0.413. The first-order chi connectivity index (χ1) is 7.56. The van der Waals surface area contributed by atoms with Crippen LogP contribution in [0.4, 0.5) is 13.2 Å². The number of carbonyl (C=O) groups excluding carboxylic acids is 2. The molecular formula is C9H13F3N2O3. The van der Waals surface area contributed by atoms with Crippen LogP contribution in [0.5, 0.6) is 0 Å². The summed E-state index contributed by atoms with van der Waals surface area (Å²) in [6.07, 6.45) is -4.33. The second-order valence-corrected chi connectivity index (χ2v) is 3.41. The Morgan fingerprint density at radius 1 is 1.47 bits per heavy atom. The van der Waals surface area contributed by atoms with E-state index in [-0.39, 0.29) is 0 Å². The van der Waals surface area contributed by atoms with Gasteiger partial charge in [-0.25, -0.2) is 4.79 Å². The highest BCUT2D eigenvalue weighted by Gasteiger charge is 2.45. The molecule has 3 N–H and O–H groups in total. The Morgan fingerprint density at radius 2 is 1.94 bits per heavy atom. The zero-order valence-electron chi connectivity index (χ0n) is 9.30. The average Bonchev–Trinajstić information content (AvgIpc) is 2.22. The van der Waals surface area contributed by atoms with Gasteiger partial charge in [0.15, 0.2) is 5.66 Å². The van der Waals surface area contributed by atoms with Crippen LogP contribution >= 0.6 is 0 Å². The number of carbonyl (C=O) groups is 2. The number of nitrogens with two attached hydrogens (primary N) is 1. The first-order valence-corrected chi connectivity index (χ1v) is 4.45. The lowest BCUT2D eigenvalue weighted by molar-refractivity contribution is -0.173. The largest absolute Gasteiger partial charge is 0.467 e. The minimum absolute atomic E-state index is 0.712. The summed E-state index contributed by atoms with van der Waals surface area (Å²) in [5.74, 6) is -3.09. The number of rotatable bonds is 5. The first-order valence-electron chi connectivity index (χ1n) is 4.45. The van der Waals surface area contributed by atoms with Crippen LogP contribution in [0.2, 0.25) is 0 Å². The maximum Gasteiger partial charge on any atom is 0.452 e. The lowest BCUT2D eigenvalue weighted by Gasteiger charge is -2.27. The molecule has 8 heteroatoms. The van der Waals surface area contributed by atoms with Gasteiger partial charge in [-0.3, -0.25) is 10.1 Å². The summed E-state index contributed by atoms with van der Waals surface area (Å²) in [6, 6.07) is -1.82. The number of nitrogens with one attached hydrogen (secondary N) is 1. The lowest BCUT2D eigenvalue weighted by atomic mass is 10.1. The van der Waals surface area contributed by atoms with Crippen LogP contribution in [0.3, 0.4) is 0 Å². The van der Waals surface area contributed by atoms with Crippen LogP contribution in [-0.4, -0.2) is 36.7 Å². The molecule has 0 aliphatic heterocycles. The van der Waals surface area contributed by atoms with E-state index < -0.39 is 29.6 Å². The molecular weight excluding hydrogens is 241 g/mol. The average molecular weight is 254 g/mol. The molecule has 0 bridgehead atoms. The van der Waals surface area contributed by atoms with Crippen molar-refractivity contribution in [3.05, 3.63) is 12.7 Å². The number of ketones is 1. The molecule has 0 aromatic heterocycles. The molecule has 0 amide bonds. The molecule has 0 aromatic carbocycles. The van der Waals surface area contributed by atoms with Crippen LogP contribution in [-0.2, 0) is 14.3 Å². The molecule has 0 radical (unpaired) electrons. The third-order valence-corrected chi connectivity index (χ3v) is 1.86. The van der Waals surface area contributed by atoms with Crippen LogP contribution in [0.15, 0.2) is 12.7 Å². The van der Waals surface area contributed by atoms with E-state index in [0.717, 1.165) is 14.0 Å². The Bertz CT molecular complexity index is 326. The molecule has 17 heavy (non-hydrogen) atoms. The van der Waals surface area contributed by atoms with Crippen molar-refractivity contribution in [2.24, 2.45) is 5.73 Å². The van der Waals surface area contributed by atoms with E-state index in [1.165, 1.54) is 0 Å². The van der Waals surface area contributed by atoms with Crippen molar-refractivity contribution in [3.8, 4) is 0 Å². The predicted molar refractivity (Wildman–Crippen MR) is 52.8 cm³/mol. The van der Waals surface area contributed by atoms with E-state index in [0.29, 0.717) is 6.08 Å². The maximum atomic E-state index is 12.2. The summed E-state index contributed by atoms with van der Waals surface area (Å²) >= 11 is 0. The molecule has 0 heterocycles. The fourth-order valence-corrected chi connectivity index (χ4v) is 1.00. The SMILES string of the molecule is C=CC(NC(C)(N)C(=O)OC)C(=O)C(F)(F)F. The highest BCUT2D eigenvalue weighted by Crippen LogP contribution is 2.19. The minimum atomic E-state index is -5.04. The number of halogens is 3. The number of alkyl halides is 3. The molecule has 0 fully saturated rings. The normalized spacial score (nSPS) is 16.8. The van der Waals surface area contributed by atoms with Gasteiger partial charge in [0.2, 0.25) is 0 Å². The predicted octanol–water partition coefficient (Wildman–Crippen LogP) is 0.110. The summed E-state index contributed by atoms with van der Waals surface area (Å²) in [7, 11) is 1.02. The van der Waals surface area contributed by atoms with Crippen molar-refractivity contribution < 1.29 is 27.5 Å². The molecule has 0 aliphatic carbocycles. The third-order valence-electron chi connectivity index (χ3n) is 1.86. The molecule has 0 saturated heterocycles. The van der Waals surface area contributed by atoms with E-state index in [4.69, 9.17) is 5.73 Å². The van der Waals surface area contributed by atoms with Gasteiger partial charge in [0, 0.05) is 0 Å². The van der Waals surface area contributed by atoms with Gasteiger partial charge >= 0.3 is 12.1 Å². The summed E-state index contributed by atoms with van der Waals surface area (Å²) < 4.78 is 40.7. The zero-order chi connectivity index (χ0) is 13.9. The third kappa shape index (κ3) is 4.16. The lowest BCUT2D eigenvalue weighted by Crippen LogP contribution is -2.63. The molecule has 98 valence electrons. The smallest absolute Gasteiger partial charge is 0.452 e. The summed E-state index contributed by atoms with van der Waals surface area (Å²) in [5.41, 5.74) is 3.45. The second kappa shape index (κ2) is 5.28. The van der Waals surface area contributed by atoms with Crippen LogP contribution in [0.1, 0.15) is 6.92 Å². The summed E-state index contributed by atoms with van der Waals surface area (Å²) in [6.45, 7) is 4.16. The standard InChI is InChI=1S/C9H13F3N2O3/c1-4-5(6(15)9(10,11)12)14-8(2,13)7(16)17-3/h4-5,14H,1,13H2,2-3H3. The Kier molecular flexibility index (Phi) is 4.84. The van der Waals surface area contributed by atoms with E-state index in [2.05, 4.69) is 11.3 Å². The number of ether oxygens (including phenoxy) is 1. The van der Waals surface area contributed by atoms with Gasteiger partial charge in [0.25, 0.3) is 5.78 Å². The second-order valence-electron chi connectivity index (χ2n) is 3.41. The topological polar surface area (TPSA) is 81.4 Å². The van der Waals surface area contributed by atoms with Crippen LogP contribution in [0, 0.1) is 0 Å². The number of methoxy groups -OCH3 is 1. The van der Waals surface area contributed by atoms with Crippen molar-refractivity contribution >= 4 is 11.8 Å². The van der Waals surface area contributed by atoms with E-state index in [1.807, 2.05) is 5.32 Å². The maximum absolute atomic E-state index is 12.2. The highest BCUT2D eigenvalue weighted by atomic mass is 19.4. The fraction of sp³-hybridized carbons (Fsp3) is 0.556. The van der Waals surface area contributed by atoms with Gasteiger partial charge in [0.1, 0.15) is 0 Å². The zero-order valence-corrected chi connectivity index (χ0v) is 9.30. The van der Waals surface area contributed by atoms with Crippen molar-refractivity contribution in [3.63, 3.8) is 0 Å². The van der Waals surface area contributed by atoms with Crippen molar-refractivity contribution in [1.82, 2.24) is 5.32 Å². The number of Topliss-reactive ketones (excluding diaryl/α,β-unsaturated/α-hetero) is 1. The van der Waals surface area contributed by atoms with Gasteiger partial charge in [-0.15, -0.1) is 6.58 Å². The number of esters is 1. The molecule has 0 aromatic rings. The van der Waals surface area contributed by atoms with Crippen LogP contribution in [0.25, 0.3) is 0 Å². The van der Waals surface area contributed by atoms with Gasteiger partial charge in [-0.05, 0) is 6.92 Å². The van der Waals surface area contributed by atoms with E-state index in [9.17, 15) is 22.8 Å². The van der Waals surface area contributed by atoms with Gasteiger partial charge in [0.05, 0.1) is 13.2 Å². The first kappa shape index (κ1) is 15.6. The molecule has 2 atom stereocenters. The molecule has 2 unspecified atom stereocenters. The van der Waals surface area contributed by atoms with Crippen molar-refractivity contribution in [1.29, 1.82) is 0 Å². The van der Waals surface area contributed by atoms with Gasteiger partial charge in [-0.2, -0.15) is 13.2 Å². The van der Waals surface area contributed by atoms with E-state index >= 15 is 0 Å². The molecule has 0 spiro atoms. The van der Waals surface area contributed by atoms with Gasteiger partial charge in [-0.1, -0.05) is 6.08 Å². The number of hydrogen-bond acceptors (Lipinski definition) is 5. The Hall–Kier alpha value is -1.41. The molecule has 0 aliphatic rings. The Balaban J connectivity index is 4.90. The summed E-state index contributed by atoms with van der Waals surface area (Å²) in [4.78, 5) is 22.0.